The SMILES string of the molecule is COc1cc(C=NNc2ccc(C)c(Cl)c2)ccc1OC(=O)c1ccccc1. The van der Waals surface area contributed by atoms with Crippen LogP contribution in [0.1, 0.15) is 21.5 Å². The van der Waals surface area contributed by atoms with E-state index in [4.69, 9.17) is 21.1 Å². The van der Waals surface area contributed by atoms with Crippen LogP contribution in [0.25, 0.3) is 0 Å². The minimum absolute atomic E-state index is 0.340. The molecule has 0 heterocycles. The second-order valence-electron chi connectivity index (χ2n) is 6.00. The number of hydrazone groups is 1. The van der Waals surface area contributed by atoms with Gasteiger partial charge in [-0.1, -0.05) is 35.9 Å². The Labute approximate surface area is 168 Å². The van der Waals surface area contributed by atoms with Crippen LogP contribution in [0.15, 0.2) is 71.8 Å². The van der Waals surface area contributed by atoms with Crippen molar-refractivity contribution in [2.24, 2.45) is 5.10 Å². The molecule has 0 saturated heterocycles. The fourth-order valence-corrected chi connectivity index (χ4v) is 2.61. The third-order valence-corrected chi connectivity index (χ3v) is 4.39. The number of anilines is 1. The van der Waals surface area contributed by atoms with Gasteiger partial charge in [-0.15, -0.1) is 0 Å². The van der Waals surface area contributed by atoms with Crippen LogP contribution in [-0.2, 0) is 0 Å². The Morgan fingerprint density at radius 3 is 2.54 bits per heavy atom. The van der Waals surface area contributed by atoms with Crippen LogP contribution in [0.5, 0.6) is 11.5 Å². The second kappa shape index (κ2) is 9.06. The van der Waals surface area contributed by atoms with Crippen molar-refractivity contribution in [2.45, 2.75) is 6.92 Å². The quantitative estimate of drug-likeness (QED) is 0.266. The molecule has 0 radical (unpaired) electrons. The number of nitrogens with zero attached hydrogens (tertiary/aromatic N) is 1. The van der Waals surface area contributed by atoms with Gasteiger partial charge >= 0.3 is 5.97 Å². The van der Waals surface area contributed by atoms with Crippen molar-refractivity contribution in [3.05, 3.63) is 88.4 Å². The molecule has 3 aromatic carbocycles. The van der Waals surface area contributed by atoms with Crippen molar-refractivity contribution in [1.29, 1.82) is 0 Å². The van der Waals surface area contributed by atoms with Gasteiger partial charge in [-0.05, 0) is 60.5 Å². The van der Waals surface area contributed by atoms with Crippen LogP contribution in [0.4, 0.5) is 5.69 Å². The molecular weight excluding hydrogens is 376 g/mol. The molecule has 28 heavy (non-hydrogen) atoms. The van der Waals surface area contributed by atoms with Crippen molar-refractivity contribution in [3.63, 3.8) is 0 Å². The molecule has 0 amide bonds. The number of ether oxygens (including phenoxy) is 2. The van der Waals surface area contributed by atoms with Crippen LogP contribution in [0.3, 0.4) is 0 Å². The van der Waals surface area contributed by atoms with E-state index >= 15 is 0 Å². The number of esters is 1. The number of nitrogens with one attached hydrogen (secondary N) is 1. The molecule has 5 nitrogen and oxygen atoms in total. The molecule has 6 heteroatoms. The summed E-state index contributed by atoms with van der Waals surface area (Å²) in [5, 5.41) is 4.87. The van der Waals surface area contributed by atoms with Crippen LogP contribution >= 0.6 is 11.6 Å². The van der Waals surface area contributed by atoms with Crippen LogP contribution < -0.4 is 14.9 Å². The smallest absolute Gasteiger partial charge is 0.343 e. The number of halogens is 1. The van der Waals surface area contributed by atoms with Gasteiger partial charge in [0.1, 0.15) is 0 Å². The third kappa shape index (κ3) is 4.90. The number of carbonyl (C=O) groups excluding carboxylic acids is 1. The first-order valence-electron chi connectivity index (χ1n) is 8.57. The maximum absolute atomic E-state index is 12.2. The van der Waals surface area contributed by atoms with E-state index in [0.29, 0.717) is 22.1 Å². The van der Waals surface area contributed by atoms with Crippen molar-refractivity contribution < 1.29 is 14.3 Å². The Hall–Kier alpha value is -3.31. The molecule has 3 rings (SSSR count). The molecule has 0 bridgehead atoms. The first kappa shape index (κ1) is 19.5. The first-order valence-corrected chi connectivity index (χ1v) is 8.95. The highest BCUT2D eigenvalue weighted by Crippen LogP contribution is 2.28. The molecule has 0 aromatic heterocycles. The molecule has 0 aliphatic heterocycles. The summed E-state index contributed by atoms with van der Waals surface area (Å²) in [6.07, 6.45) is 1.64. The molecule has 142 valence electrons. The number of carbonyl (C=O) groups is 1. The fraction of sp³-hybridized carbons (Fsp3) is 0.0909. The van der Waals surface area contributed by atoms with Gasteiger partial charge in [0.25, 0.3) is 0 Å². The lowest BCUT2D eigenvalue weighted by atomic mass is 10.2. The average Bonchev–Trinajstić information content (AvgIpc) is 2.72. The van der Waals surface area contributed by atoms with Gasteiger partial charge in [-0.2, -0.15) is 5.10 Å². The zero-order valence-electron chi connectivity index (χ0n) is 15.5. The van der Waals surface area contributed by atoms with Crippen molar-refractivity contribution in [3.8, 4) is 11.5 Å². The standard InChI is InChI=1S/C22H19ClN2O3/c1-15-8-10-18(13-19(15)23)25-24-14-16-9-11-20(21(12-16)27-2)28-22(26)17-6-4-3-5-7-17/h3-14,25H,1-2H3. The summed E-state index contributed by atoms with van der Waals surface area (Å²) in [5.74, 6) is 0.330. The molecule has 0 aliphatic carbocycles. The van der Waals surface area contributed by atoms with E-state index in [1.165, 1.54) is 7.11 Å². The average molecular weight is 395 g/mol. The Kier molecular flexibility index (Phi) is 6.29. The first-order chi connectivity index (χ1) is 13.6. The molecule has 0 unspecified atom stereocenters. The maximum atomic E-state index is 12.2. The Morgan fingerprint density at radius 2 is 1.82 bits per heavy atom. The monoisotopic (exact) mass is 394 g/mol. The molecule has 1 N–H and O–H groups in total. The lowest BCUT2D eigenvalue weighted by molar-refractivity contribution is 0.0729. The number of aryl methyl sites for hydroxylation is 1. The number of rotatable bonds is 6. The van der Waals surface area contributed by atoms with Gasteiger partial charge in [0.15, 0.2) is 11.5 Å². The van der Waals surface area contributed by atoms with Crippen molar-refractivity contribution in [2.75, 3.05) is 12.5 Å². The zero-order chi connectivity index (χ0) is 19.9. The summed E-state index contributed by atoms with van der Waals surface area (Å²) in [4.78, 5) is 12.2. The van der Waals surface area contributed by atoms with Gasteiger partial charge in [0.2, 0.25) is 0 Å². The van der Waals surface area contributed by atoms with Crippen molar-refractivity contribution in [1.82, 2.24) is 0 Å². The number of benzene rings is 3. The maximum Gasteiger partial charge on any atom is 0.343 e. The number of methoxy groups -OCH3 is 1. The van der Waals surface area contributed by atoms with Gasteiger partial charge in [-0.25, -0.2) is 4.79 Å². The van der Waals surface area contributed by atoms with Crippen LogP contribution in [-0.4, -0.2) is 19.3 Å². The Bertz CT molecular complexity index is 1000. The van der Waals surface area contributed by atoms with Gasteiger partial charge in [0, 0.05) is 5.02 Å². The van der Waals surface area contributed by atoms with Crippen molar-refractivity contribution >= 4 is 29.5 Å². The lowest BCUT2D eigenvalue weighted by Crippen LogP contribution is -2.09. The van der Waals surface area contributed by atoms with Gasteiger partial charge < -0.3 is 9.47 Å². The van der Waals surface area contributed by atoms with E-state index in [1.54, 1.807) is 54.7 Å². The van der Waals surface area contributed by atoms with E-state index < -0.39 is 5.97 Å². The predicted molar refractivity (Wildman–Crippen MR) is 112 cm³/mol. The summed E-state index contributed by atoms with van der Waals surface area (Å²) in [7, 11) is 1.52. The predicted octanol–water partition coefficient (Wildman–Crippen LogP) is 5.32. The molecule has 0 atom stereocenters. The number of hydrogen-bond donors (Lipinski definition) is 1. The molecule has 0 spiro atoms. The van der Waals surface area contributed by atoms with Crippen LogP contribution in [0.2, 0.25) is 5.02 Å². The van der Waals surface area contributed by atoms with E-state index in [0.717, 1.165) is 16.8 Å². The van der Waals surface area contributed by atoms with E-state index in [1.807, 2.05) is 25.1 Å². The summed E-state index contributed by atoms with van der Waals surface area (Å²) in [6, 6.07) is 19.6. The van der Waals surface area contributed by atoms with Gasteiger partial charge in [0.05, 0.1) is 24.6 Å². The largest absolute Gasteiger partial charge is 0.493 e. The van der Waals surface area contributed by atoms with Gasteiger partial charge in [-0.3, -0.25) is 5.43 Å². The minimum Gasteiger partial charge on any atom is -0.493 e. The van der Waals surface area contributed by atoms with E-state index in [9.17, 15) is 4.79 Å². The summed E-state index contributed by atoms with van der Waals surface area (Å²) < 4.78 is 10.8. The summed E-state index contributed by atoms with van der Waals surface area (Å²) in [6.45, 7) is 1.94. The molecule has 0 aliphatic rings. The zero-order valence-corrected chi connectivity index (χ0v) is 16.2. The number of hydrogen-bond acceptors (Lipinski definition) is 5. The molecular formula is C22H19ClN2O3. The molecule has 0 saturated carbocycles. The summed E-state index contributed by atoms with van der Waals surface area (Å²) in [5.41, 5.74) is 5.96. The summed E-state index contributed by atoms with van der Waals surface area (Å²) >= 11 is 6.10. The lowest BCUT2D eigenvalue weighted by Gasteiger charge is -2.10. The highest BCUT2D eigenvalue weighted by molar-refractivity contribution is 6.31. The normalized spacial score (nSPS) is 10.7. The van der Waals surface area contributed by atoms with E-state index in [2.05, 4.69) is 10.5 Å². The Balaban J connectivity index is 1.70. The fourth-order valence-electron chi connectivity index (χ4n) is 2.43. The minimum atomic E-state index is -0.446. The topological polar surface area (TPSA) is 59.9 Å². The van der Waals surface area contributed by atoms with Crippen LogP contribution in [0, 0.1) is 6.92 Å². The highest BCUT2D eigenvalue weighted by atomic mass is 35.5. The molecule has 0 fully saturated rings. The van der Waals surface area contributed by atoms with E-state index in [-0.39, 0.29) is 0 Å². The third-order valence-electron chi connectivity index (χ3n) is 3.98. The molecule has 3 aromatic rings. The Morgan fingerprint density at radius 1 is 1.04 bits per heavy atom. The second-order valence-corrected chi connectivity index (χ2v) is 6.41. The highest BCUT2D eigenvalue weighted by Gasteiger charge is 2.12.